The van der Waals surface area contributed by atoms with Crippen molar-refractivity contribution in [2.45, 2.75) is 19.0 Å². The number of hydrogen-bond donors (Lipinski definition) is 3. The molecule has 3 rings (SSSR count). The number of nitrogens with two attached hydrogens (primary N) is 2. The maximum Gasteiger partial charge on any atom is 0.422 e. The molecule has 0 aromatic heterocycles. The first kappa shape index (κ1) is 26.1. The largest absolute Gasteiger partial charge is 0.484 e. The summed E-state index contributed by atoms with van der Waals surface area (Å²) in [6.07, 6.45) is -2.29. The molecule has 5 N–H and O–H groups in total. The van der Waals surface area contributed by atoms with E-state index in [0.29, 0.717) is 23.4 Å². The molecule has 3 aromatic rings. The molecule has 0 spiro atoms. The molecular weight excluding hydrogens is 477 g/mol. The Bertz CT molecular complexity index is 1250. The predicted molar refractivity (Wildman–Crippen MR) is 129 cm³/mol. The Hall–Kier alpha value is -4.47. The molecule has 36 heavy (non-hydrogen) atoms. The van der Waals surface area contributed by atoms with E-state index in [-0.39, 0.29) is 29.1 Å². The highest BCUT2D eigenvalue weighted by atomic mass is 19.4. The number of carbonyl (C=O) groups excluding carboxylic acids is 1. The summed E-state index contributed by atoms with van der Waals surface area (Å²) in [4.78, 5) is 24.0. The summed E-state index contributed by atoms with van der Waals surface area (Å²) in [5, 5.41) is 9.57. The van der Waals surface area contributed by atoms with Crippen molar-refractivity contribution >= 4 is 29.4 Å². The minimum Gasteiger partial charge on any atom is -0.484 e. The van der Waals surface area contributed by atoms with Crippen LogP contribution < -0.4 is 20.9 Å². The molecule has 0 bridgehead atoms. The van der Waals surface area contributed by atoms with Gasteiger partial charge in [-0.3, -0.25) is 0 Å². The standard InChI is InChI=1S/C26H23F3N2O5/c27-26(28,29)15-35-21-11-6-18(7-12-21)25(34)36-22-9-1-16(2-10-22)13-19(24(32)33)4-3-17-5-8-20(30)14-23(17)31/h1-2,5-14H,3-4,15,30-31H2,(H,32,33)/b19-13+. The molecule has 10 heteroatoms. The van der Waals surface area contributed by atoms with Crippen LogP contribution in [0.4, 0.5) is 24.5 Å². The normalized spacial score (nSPS) is 11.7. The molecule has 0 fully saturated rings. The number of carbonyl (C=O) groups is 2. The zero-order valence-electron chi connectivity index (χ0n) is 18.9. The van der Waals surface area contributed by atoms with Crippen molar-refractivity contribution < 1.29 is 37.3 Å². The molecule has 188 valence electrons. The average molecular weight is 500 g/mol. The lowest BCUT2D eigenvalue weighted by atomic mass is 10.0. The molecule has 7 nitrogen and oxygen atoms in total. The topological polar surface area (TPSA) is 125 Å². The van der Waals surface area contributed by atoms with Crippen molar-refractivity contribution in [2.75, 3.05) is 18.1 Å². The summed E-state index contributed by atoms with van der Waals surface area (Å²) < 4.78 is 46.5. The number of carboxylic acids is 1. The van der Waals surface area contributed by atoms with Gasteiger partial charge in [0.2, 0.25) is 0 Å². The summed E-state index contributed by atoms with van der Waals surface area (Å²) in [5.41, 5.74) is 14.3. The summed E-state index contributed by atoms with van der Waals surface area (Å²) >= 11 is 0. The first-order valence-corrected chi connectivity index (χ1v) is 10.7. The highest BCUT2D eigenvalue weighted by Crippen LogP contribution is 2.23. The number of esters is 1. The first-order chi connectivity index (χ1) is 17.0. The van der Waals surface area contributed by atoms with Gasteiger partial charge in [0.15, 0.2) is 6.61 Å². The van der Waals surface area contributed by atoms with Crippen LogP contribution in [0.15, 0.2) is 72.3 Å². The summed E-state index contributed by atoms with van der Waals surface area (Å²) in [5.74, 6) is -1.61. The second-order valence-electron chi connectivity index (χ2n) is 7.82. The third-order valence-electron chi connectivity index (χ3n) is 5.03. The highest BCUT2D eigenvalue weighted by molar-refractivity contribution is 5.92. The third kappa shape index (κ3) is 7.79. The van der Waals surface area contributed by atoms with E-state index in [9.17, 15) is 27.9 Å². The molecule has 0 aliphatic rings. The smallest absolute Gasteiger partial charge is 0.422 e. The Labute approximate surface area is 204 Å². The number of anilines is 2. The molecule has 0 amide bonds. The van der Waals surface area contributed by atoms with Gasteiger partial charge >= 0.3 is 18.1 Å². The molecule has 0 aliphatic carbocycles. The number of hydrogen-bond acceptors (Lipinski definition) is 6. The Kier molecular flexibility index (Phi) is 8.21. The van der Waals surface area contributed by atoms with Crippen LogP contribution in [-0.4, -0.2) is 29.8 Å². The lowest BCUT2D eigenvalue weighted by Crippen LogP contribution is -2.19. The SMILES string of the molecule is Nc1ccc(CC/C(=C\c2ccc(OC(=O)c3ccc(OCC(F)(F)F)cc3)cc2)C(=O)O)c(N)c1. The van der Waals surface area contributed by atoms with E-state index < -0.39 is 24.7 Å². The maximum absolute atomic E-state index is 12.3. The van der Waals surface area contributed by atoms with E-state index in [1.807, 2.05) is 0 Å². The Morgan fingerprint density at radius 2 is 1.56 bits per heavy atom. The van der Waals surface area contributed by atoms with Crippen LogP contribution in [-0.2, 0) is 11.2 Å². The van der Waals surface area contributed by atoms with Crippen molar-refractivity contribution in [1.29, 1.82) is 0 Å². The van der Waals surface area contributed by atoms with E-state index >= 15 is 0 Å². The number of alkyl halides is 3. The highest BCUT2D eigenvalue weighted by Gasteiger charge is 2.28. The number of rotatable bonds is 9. The molecule has 0 heterocycles. The summed E-state index contributed by atoms with van der Waals surface area (Å²) in [6.45, 7) is -1.43. The molecule has 0 radical (unpaired) electrons. The van der Waals surface area contributed by atoms with Gasteiger partial charge in [0.1, 0.15) is 11.5 Å². The second-order valence-corrected chi connectivity index (χ2v) is 7.82. The number of aryl methyl sites for hydroxylation is 1. The van der Waals surface area contributed by atoms with Crippen LogP contribution >= 0.6 is 0 Å². The average Bonchev–Trinajstić information content (AvgIpc) is 2.82. The number of nitrogen functional groups attached to an aromatic ring is 2. The van der Waals surface area contributed by atoms with Gasteiger partial charge in [0, 0.05) is 16.9 Å². The lowest BCUT2D eigenvalue weighted by Gasteiger charge is -2.10. The lowest BCUT2D eigenvalue weighted by molar-refractivity contribution is -0.153. The Morgan fingerprint density at radius 3 is 2.14 bits per heavy atom. The van der Waals surface area contributed by atoms with Gasteiger partial charge in [-0.25, -0.2) is 9.59 Å². The van der Waals surface area contributed by atoms with E-state index in [1.54, 1.807) is 30.3 Å². The van der Waals surface area contributed by atoms with Crippen LogP contribution in [0.25, 0.3) is 6.08 Å². The Balaban J connectivity index is 1.61. The molecule has 0 atom stereocenters. The van der Waals surface area contributed by atoms with Crippen LogP contribution in [0, 0.1) is 0 Å². The van der Waals surface area contributed by atoms with Gasteiger partial charge in [-0.05, 0) is 78.6 Å². The first-order valence-electron chi connectivity index (χ1n) is 10.7. The van der Waals surface area contributed by atoms with Crippen molar-refractivity contribution in [3.8, 4) is 11.5 Å². The quantitative estimate of drug-likeness (QED) is 0.161. The van der Waals surface area contributed by atoms with Gasteiger partial charge in [-0.2, -0.15) is 13.2 Å². The fourth-order valence-corrected chi connectivity index (χ4v) is 3.20. The number of halogens is 3. The summed E-state index contributed by atoms with van der Waals surface area (Å²) in [7, 11) is 0. The van der Waals surface area contributed by atoms with E-state index in [0.717, 1.165) is 5.56 Å². The van der Waals surface area contributed by atoms with Crippen LogP contribution in [0.1, 0.15) is 27.9 Å². The van der Waals surface area contributed by atoms with Gasteiger partial charge in [0.25, 0.3) is 0 Å². The predicted octanol–water partition coefficient (Wildman–Crippen LogP) is 5.11. The number of aliphatic carboxylic acids is 1. The molecule has 0 saturated heterocycles. The Morgan fingerprint density at radius 1 is 0.917 bits per heavy atom. The van der Waals surface area contributed by atoms with Gasteiger partial charge < -0.3 is 26.0 Å². The molecule has 0 aliphatic heterocycles. The van der Waals surface area contributed by atoms with Crippen molar-refractivity contribution in [2.24, 2.45) is 0 Å². The van der Waals surface area contributed by atoms with Gasteiger partial charge in [-0.1, -0.05) is 18.2 Å². The van der Waals surface area contributed by atoms with Crippen molar-refractivity contribution in [1.82, 2.24) is 0 Å². The van der Waals surface area contributed by atoms with Gasteiger partial charge in [-0.15, -0.1) is 0 Å². The van der Waals surface area contributed by atoms with Crippen LogP contribution in [0.3, 0.4) is 0 Å². The summed E-state index contributed by atoms with van der Waals surface area (Å²) in [6, 6.07) is 16.3. The third-order valence-corrected chi connectivity index (χ3v) is 5.03. The zero-order valence-corrected chi connectivity index (χ0v) is 18.9. The minimum atomic E-state index is -4.46. The number of ether oxygens (including phenoxy) is 2. The van der Waals surface area contributed by atoms with E-state index in [4.69, 9.17) is 16.2 Å². The van der Waals surface area contributed by atoms with Crippen molar-refractivity contribution in [3.05, 3.63) is 89.0 Å². The zero-order chi connectivity index (χ0) is 26.3. The van der Waals surface area contributed by atoms with Crippen molar-refractivity contribution in [3.63, 3.8) is 0 Å². The molecule has 0 unspecified atom stereocenters. The maximum atomic E-state index is 12.3. The molecule has 3 aromatic carbocycles. The second kappa shape index (κ2) is 11.3. The van der Waals surface area contributed by atoms with Crippen LogP contribution in [0.2, 0.25) is 0 Å². The number of carboxylic acid groups (broad SMARTS) is 1. The van der Waals surface area contributed by atoms with E-state index in [2.05, 4.69) is 4.74 Å². The molecule has 0 saturated carbocycles. The van der Waals surface area contributed by atoms with Gasteiger partial charge in [0.05, 0.1) is 5.56 Å². The number of benzene rings is 3. The fraction of sp³-hybridized carbons (Fsp3) is 0.154. The fourth-order valence-electron chi connectivity index (χ4n) is 3.20. The monoisotopic (exact) mass is 500 g/mol. The minimum absolute atomic E-state index is 0.0340. The van der Waals surface area contributed by atoms with Crippen LogP contribution in [0.5, 0.6) is 11.5 Å². The molecular formula is C26H23F3N2O5. The van der Waals surface area contributed by atoms with E-state index in [1.165, 1.54) is 42.5 Å².